The molecule has 1 atom stereocenters. The van der Waals surface area contributed by atoms with E-state index in [1.54, 1.807) is 0 Å². The first kappa shape index (κ1) is 8.48. The fraction of sp³-hybridized carbons (Fsp3) is 1.00. The minimum Gasteiger partial charge on any atom is -0.377 e. The van der Waals surface area contributed by atoms with Crippen molar-refractivity contribution in [2.75, 3.05) is 26.3 Å². The molecule has 3 heteroatoms. The average Bonchev–Trinajstić information content (AvgIpc) is 2.02. The lowest BCUT2D eigenvalue weighted by Gasteiger charge is -2.49. The Morgan fingerprint density at radius 1 is 1.42 bits per heavy atom. The Balaban J connectivity index is 1.94. The van der Waals surface area contributed by atoms with Gasteiger partial charge in [0.2, 0.25) is 0 Å². The van der Waals surface area contributed by atoms with Crippen LogP contribution in [0, 0.1) is 5.92 Å². The van der Waals surface area contributed by atoms with Crippen LogP contribution in [-0.2, 0) is 4.74 Å². The lowest BCUT2D eigenvalue weighted by atomic mass is 9.90. The highest BCUT2D eigenvalue weighted by Crippen LogP contribution is 2.21. The number of hydrogen-bond donors (Lipinski definition) is 2. The first-order valence-electron chi connectivity index (χ1n) is 4.78. The summed E-state index contributed by atoms with van der Waals surface area (Å²) >= 11 is 0. The van der Waals surface area contributed by atoms with Crippen molar-refractivity contribution in [3.63, 3.8) is 0 Å². The lowest BCUT2D eigenvalue weighted by molar-refractivity contribution is -0.0893. The number of rotatable bonds is 1. The molecule has 1 spiro atoms. The zero-order chi connectivity index (χ0) is 8.60. The smallest absolute Gasteiger partial charge is 0.0782 e. The molecule has 70 valence electrons. The summed E-state index contributed by atoms with van der Waals surface area (Å²) in [6.07, 6.45) is 0. The van der Waals surface area contributed by atoms with Crippen LogP contribution >= 0.6 is 0 Å². The third-order valence-corrected chi connectivity index (χ3v) is 2.88. The Bertz CT molecular complexity index is 166. The predicted octanol–water partition coefficient (Wildman–Crippen LogP) is -0.0272. The van der Waals surface area contributed by atoms with E-state index in [4.69, 9.17) is 4.74 Å². The zero-order valence-corrected chi connectivity index (χ0v) is 7.89. The van der Waals surface area contributed by atoms with E-state index in [-0.39, 0.29) is 5.54 Å². The van der Waals surface area contributed by atoms with Gasteiger partial charge in [-0.2, -0.15) is 0 Å². The van der Waals surface area contributed by atoms with E-state index in [0.717, 1.165) is 26.3 Å². The maximum atomic E-state index is 5.24. The molecule has 0 unspecified atom stereocenters. The Morgan fingerprint density at radius 3 is 2.67 bits per heavy atom. The van der Waals surface area contributed by atoms with Gasteiger partial charge in [-0.25, -0.2) is 0 Å². The van der Waals surface area contributed by atoms with Gasteiger partial charge in [0, 0.05) is 19.1 Å². The van der Waals surface area contributed by atoms with Gasteiger partial charge >= 0.3 is 0 Å². The molecule has 2 N–H and O–H groups in total. The molecule has 3 nitrogen and oxygen atoms in total. The van der Waals surface area contributed by atoms with Crippen molar-refractivity contribution < 1.29 is 4.74 Å². The highest BCUT2D eigenvalue weighted by Gasteiger charge is 2.42. The molecular weight excluding hydrogens is 152 g/mol. The minimum atomic E-state index is 0.271. The molecule has 0 saturated carbocycles. The van der Waals surface area contributed by atoms with Crippen LogP contribution < -0.4 is 10.6 Å². The average molecular weight is 170 g/mol. The van der Waals surface area contributed by atoms with Crippen molar-refractivity contribution >= 4 is 0 Å². The second-order valence-corrected chi connectivity index (χ2v) is 4.40. The fourth-order valence-corrected chi connectivity index (χ4v) is 1.90. The molecule has 0 amide bonds. The Labute approximate surface area is 73.9 Å². The largest absolute Gasteiger partial charge is 0.377 e. The van der Waals surface area contributed by atoms with Gasteiger partial charge in [-0.3, -0.25) is 0 Å². The molecule has 2 aliphatic heterocycles. The summed E-state index contributed by atoms with van der Waals surface area (Å²) < 4.78 is 5.24. The van der Waals surface area contributed by atoms with Crippen LogP contribution in [0.25, 0.3) is 0 Å². The topological polar surface area (TPSA) is 33.3 Å². The molecule has 0 aliphatic carbocycles. The van der Waals surface area contributed by atoms with Crippen LogP contribution in [0.4, 0.5) is 0 Å². The van der Waals surface area contributed by atoms with Gasteiger partial charge in [-0.1, -0.05) is 13.8 Å². The van der Waals surface area contributed by atoms with Crippen molar-refractivity contribution in [3.05, 3.63) is 0 Å². The van der Waals surface area contributed by atoms with E-state index < -0.39 is 0 Å². The maximum Gasteiger partial charge on any atom is 0.0782 e. The summed E-state index contributed by atoms with van der Waals surface area (Å²) in [7, 11) is 0. The van der Waals surface area contributed by atoms with Crippen molar-refractivity contribution in [2.45, 2.75) is 25.4 Å². The van der Waals surface area contributed by atoms with Gasteiger partial charge in [0.05, 0.1) is 18.8 Å². The molecule has 2 rings (SSSR count). The molecule has 2 saturated heterocycles. The first-order valence-corrected chi connectivity index (χ1v) is 4.78. The van der Waals surface area contributed by atoms with Crippen molar-refractivity contribution in [3.8, 4) is 0 Å². The number of hydrogen-bond acceptors (Lipinski definition) is 3. The SMILES string of the molecule is CC(C)[C@H]1CNCC2(COC2)N1. The monoisotopic (exact) mass is 170 g/mol. The normalized spacial score (nSPS) is 33.8. The van der Waals surface area contributed by atoms with Gasteiger partial charge in [0.1, 0.15) is 0 Å². The van der Waals surface area contributed by atoms with Crippen LogP contribution in [0.2, 0.25) is 0 Å². The molecule has 0 bridgehead atoms. The molecular formula is C9H18N2O. The van der Waals surface area contributed by atoms with Crippen LogP contribution in [0.3, 0.4) is 0 Å². The molecule has 12 heavy (non-hydrogen) atoms. The Morgan fingerprint density at radius 2 is 2.17 bits per heavy atom. The second kappa shape index (κ2) is 2.98. The number of piperazine rings is 1. The van der Waals surface area contributed by atoms with Crippen LogP contribution in [0.15, 0.2) is 0 Å². The first-order chi connectivity index (χ1) is 5.72. The minimum absolute atomic E-state index is 0.271. The van der Waals surface area contributed by atoms with Crippen LogP contribution in [0.1, 0.15) is 13.8 Å². The fourth-order valence-electron chi connectivity index (χ4n) is 1.90. The summed E-state index contributed by atoms with van der Waals surface area (Å²) in [4.78, 5) is 0. The van der Waals surface area contributed by atoms with Crippen molar-refractivity contribution in [2.24, 2.45) is 5.92 Å². The van der Waals surface area contributed by atoms with Gasteiger partial charge in [0.15, 0.2) is 0 Å². The molecule has 2 fully saturated rings. The van der Waals surface area contributed by atoms with Crippen molar-refractivity contribution in [1.82, 2.24) is 10.6 Å². The van der Waals surface area contributed by atoms with Crippen molar-refractivity contribution in [1.29, 1.82) is 0 Å². The van der Waals surface area contributed by atoms with Crippen LogP contribution in [0.5, 0.6) is 0 Å². The molecule has 0 radical (unpaired) electrons. The number of nitrogens with one attached hydrogen (secondary N) is 2. The zero-order valence-electron chi connectivity index (χ0n) is 7.89. The van der Waals surface area contributed by atoms with E-state index in [1.165, 1.54) is 0 Å². The van der Waals surface area contributed by atoms with E-state index in [1.807, 2.05) is 0 Å². The standard InChI is InChI=1S/C9H18N2O/c1-7(2)8-3-10-4-9(11-8)5-12-6-9/h7-8,10-11H,3-6H2,1-2H3/t8-/m1/s1. The highest BCUT2D eigenvalue weighted by molar-refractivity contribution is 5.02. The van der Waals surface area contributed by atoms with Crippen LogP contribution in [-0.4, -0.2) is 37.9 Å². The molecule has 0 aromatic rings. The van der Waals surface area contributed by atoms with E-state index in [2.05, 4.69) is 24.5 Å². The predicted molar refractivity (Wildman–Crippen MR) is 48.2 cm³/mol. The van der Waals surface area contributed by atoms with E-state index in [9.17, 15) is 0 Å². The summed E-state index contributed by atoms with van der Waals surface area (Å²) in [5, 5.41) is 7.14. The quantitative estimate of drug-likeness (QED) is 0.580. The summed E-state index contributed by atoms with van der Waals surface area (Å²) in [5.74, 6) is 0.704. The molecule has 0 aromatic heterocycles. The Hall–Kier alpha value is -0.120. The summed E-state index contributed by atoms with van der Waals surface area (Å²) in [5.41, 5.74) is 0.271. The molecule has 0 aromatic carbocycles. The van der Waals surface area contributed by atoms with Gasteiger partial charge in [-0.15, -0.1) is 0 Å². The summed E-state index contributed by atoms with van der Waals surface area (Å²) in [6, 6.07) is 0.614. The summed E-state index contributed by atoms with van der Waals surface area (Å²) in [6.45, 7) is 8.44. The Kier molecular flexibility index (Phi) is 2.10. The third kappa shape index (κ3) is 1.37. The third-order valence-electron chi connectivity index (χ3n) is 2.88. The highest BCUT2D eigenvalue weighted by atomic mass is 16.5. The number of ether oxygens (including phenoxy) is 1. The van der Waals surface area contributed by atoms with Gasteiger partial charge in [-0.05, 0) is 5.92 Å². The lowest BCUT2D eigenvalue weighted by Crippen LogP contribution is -2.73. The maximum absolute atomic E-state index is 5.24. The van der Waals surface area contributed by atoms with Gasteiger partial charge in [0.25, 0.3) is 0 Å². The molecule has 2 aliphatic rings. The molecule has 2 heterocycles. The van der Waals surface area contributed by atoms with Gasteiger partial charge < -0.3 is 15.4 Å². The van der Waals surface area contributed by atoms with E-state index >= 15 is 0 Å². The van der Waals surface area contributed by atoms with E-state index in [0.29, 0.717) is 12.0 Å². The second-order valence-electron chi connectivity index (χ2n) is 4.40.